The summed E-state index contributed by atoms with van der Waals surface area (Å²) in [5.74, 6) is -0.520. The second-order valence-corrected chi connectivity index (χ2v) is 7.66. The highest BCUT2D eigenvalue weighted by Crippen LogP contribution is 2.20. The Morgan fingerprint density at radius 2 is 2.00 bits per heavy atom. The third kappa shape index (κ3) is 5.40. The number of ketones is 1. The minimum Gasteiger partial charge on any atom is -0.445 e. The molecule has 2 heterocycles. The van der Waals surface area contributed by atoms with Crippen molar-refractivity contribution < 1.29 is 19.1 Å². The Morgan fingerprint density at radius 1 is 1.23 bits per heavy atom. The fraction of sp³-hybridized carbons (Fsp3) is 0.500. The second-order valence-electron chi connectivity index (χ2n) is 7.66. The van der Waals surface area contributed by atoms with E-state index in [9.17, 15) is 14.4 Å². The summed E-state index contributed by atoms with van der Waals surface area (Å²) in [4.78, 5) is 39.5. The lowest BCUT2D eigenvalue weighted by molar-refractivity contribution is -0.132. The van der Waals surface area contributed by atoms with Crippen LogP contribution in [0.3, 0.4) is 0 Å². The van der Waals surface area contributed by atoms with Gasteiger partial charge in [-0.05, 0) is 34.7 Å². The first-order valence-electron chi connectivity index (χ1n) is 9.98. The third-order valence-electron chi connectivity index (χ3n) is 4.82. The number of hydrogen-bond acceptors (Lipinski definition) is 7. The number of ether oxygens (including phenoxy) is 1. The molecule has 1 aromatic heterocycles. The van der Waals surface area contributed by atoms with Crippen LogP contribution in [0.1, 0.15) is 44.8 Å². The maximum atomic E-state index is 12.9. The van der Waals surface area contributed by atoms with Gasteiger partial charge in [0.2, 0.25) is 5.91 Å². The molecule has 0 radical (unpaired) electrons. The number of nitrogens with one attached hydrogen (secondary N) is 1. The van der Waals surface area contributed by atoms with Gasteiger partial charge in [0.1, 0.15) is 19.0 Å². The van der Waals surface area contributed by atoms with E-state index in [0.717, 1.165) is 5.56 Å². The minimum atomic E-state index is -1.02. The molecule has 2 aromatic rings. The number of benzene rings is 1. The van der Waals surface area contributed by atoms with Crippen LogP contribution in [-0.4, -0.2) is 55.5 Å². The number of Topliss-reactive ketones (excluding diaryl/α,β-unsaturated/α-hetero) is 1. The fourth-order valence-electron chi connectivity index (χ4n) is 3.39. The van der Waals surface area contributed by atoms with Crippen molar-refractivity contribution in [1.29, 1.82) is 0 Å². The summed E-state index contributed by atoms with van der Waals surface area (Å²) in [6.45, 7) is 4.38. The van der Waals surface area contributed by atoms with Gasteiger partial charge in [-0.15, -0.1) is 5.10 Å². The molecule has 30 heavy (non-hydrogen) atoms. The van der Waals surface area contributed by atoms with Crippen LogP contribution in [0.2, 0.25) is 0 Å². The number of tetrazole rings is 1. The smallest absolute Gasteiger partial charge is 0.410 e. The van der Waals surface area contributed by atoms with Crippen molar-refractivity contribution in [1.82, 2.24) is 30.4 Å². The van der Waals surface area contributed by atoms with Gasteiger partial charge in [-0.1, -0.05) is 44.2 Å². The van der Waals surface area contributed by atoms with E-state index in [2.05, 4.69) is 20.8 Å². The number of likely N-dealkylation sites (tertiary alicyclic amines) is 1. The molecule has 0 saturated carbocycles. The first-order valence-corrected chi connectivity index (χ1v) is 9.98. The molecule has 1 aliphatic rings. The summed E-state index contributed by atoms with van der Waals surface area (Å²) in [6, 6.07) is 8.62. The highest BCUT2D eigenvalue weighted by atomic mass is 16.6. The van der Waals surface area contributed by atoms with Crippen molar-refractivity contribution in [2.45, 2.75) is 51.9 Å². The summed E-state index contributed by atoms with van der Waals surface area (Å²) in [5.41, 5.74) is 0.865. The van der Waals surface area contributed by atoms with Gasteiger partial charge in [0, 0.05) is 13.0 Å². The van der Waals surface area contributed by atoms with Gasteiger partial charge in [0.25, 0.3) is 0 Å². The molecule has 1 fully saturated rings. The summed E-state index contributed by atoms with van der Waals surface area (Å²) in [7, 11) is 0. The van der Waals surface area contributed by atoms with E-state index in [0.29, 0.717) is 19.4 Å². The zero-order valence-corrected chi connectivity index (χ0v) is 17.1. The summed E-state index contributed by atoms with van der Waals surface area (Å²) in [6.07, 6.45) is 1.14. The molecule has 0 bridgehead atoms. The van der Waals surface area contributed by atoms with Crippen molar-refractivity contribution >= 4 is 17.8 Å². The molecule has 2 amide bonds. The maximum absolute atomic E-state index is 12.9. The molecule has 3 rings (SSSR count). The number of nitrogens with zero attached hydrogens (tertiary/aromatic N) is 5. The van der Waals surface area contributed by atoms with E-state index in [-0.39, 0.29) is 24.7 Å². The van der Waals surface area contributed by atoms with Crippen LogP contribution < -0.4 is 5.32 Å². The van der Waals surface area contributed by atoms with Crippen molar-refractivity contribution in [3.63, 3.8) is 0 Å². The summed E-state index contributed by atoms with van der Waals surface area (Å²) < 4.78 is 6.59. The monoisotopic (exact) mass is 414 g/mol. The highest BCUT2D eigenvalue weighted by molar-refractivity contribution is 5.91. The third-order valence-corrected chi connectivity index (χ3v) is 4.82. The number of rotatable bonds is 8. The van der Waals surface area contributed by atoms with Gasteiger partial charge in [0.05, 0.1) is 0 Å². The van der Waals surface area contributed by atoms with E-state index in [1.54, 1.807) is 0 Å². The van der Waals surface area contributed by atoms with E-state index >= 15 is 0 Å². The molecular formula is C20H26N6O4. The molecule has 1 N–H and O–H groups in total. The number of carbonyl (C=O) groups is 3. The van der Waals surface area contributed by atoms with Crippen LogP contribution in [0.4, 0.5) is 4.79 Å². The zero-order chi connectivity index (χ0) is 21.5. The zero-order valence-electron chi connectivity index (χ0n) is 17.1. The molecular weight excluding hydrogens is 388 g/mol. The van der Waals surface area contributed by atoms with E-state index < -0.39 is 24.2 Å². The van der Waals surface area contributed by atoms with Crippen LogP contribution in [0.25, 0.3) is 0 Å². The molecule has 10 nitrogen and oxygen atoms in total. The molecule has 1 aliphatic heterocycles. The van der Waals surface area contributed by atoms with Crippen LogP contribution in [0.15, 0.2) is 36.7 Å². The van der Waals surface area contributed by atoms with Gasteiger partial charge < -0.3 is 10.1 Å². The number of aromatic nitrogens is 4. The van der Waals surface area contributed by atoms with E-state index in [1.807, 2.05) is 44.2 Å². The maximum Gasteiger partial charge on any atom is 0.410 e. The Bertz CT molecular complexity index is 855. The lowest BCUT2D eigenvalue weighted by Gasteiger charge is -2.25. The van der Waals surface area contributed by atoms with Crippen LogP contribution in [-0.2, 0) is 20.9 Å². The summed E-state index contributed by atoms with van der Waals surface area (Å²) in [5, 5.41) is 13.6. The average Bonchev–Trinajstić information content (AvgIpc) is 3.42. The van der Waals surface area contributed by atoms with Crippen molar-refractivity contribution in [3.05, 3.63) is 42.2 Å². The Balaban J connectivity index is 1.64. The highest BCUT2D eigenvalue weighted by Gasteiger charge is 2.37. The molecule has 0 spiro atoms. The van der Waals surface area contributed by atoms with Crippen LogP contribution in [0, 0.1) is 5.92 Å². The van der Waals surface area contributed by atoms with Crippen molar-refractivity contribution in [2.24, 2.45) is 5.92 Å². The average molecular weight is 414 g/mol. The second kappa shape index (κ2) is 9.95. The van der Waals surface area contributed by atoms with Crippen LogP contribution in [0.5, 0.6) is 0 Å². The summed E-state index contributed by atoms with van der Waals surface area (Å²) >= 11 is 0. The van der Waals surface area contributed by atoms with Gasteiger partial charge in [-0.25, -0.2) is 9.48 Å². The lowest BCUT2D eigenvalue weighted by atomic mass is 10.1. The Morgan fingerprint density at radius 3 is 2.67 bits per heavy atom. The largest absolute Gasteiger partial charge is 0.445 e. The minimum absolute atomic E-state index is 0.115. The Hall–Kier alpha value is -3.30. The molecule has 2 unspecified atom stereocenters. The Labute approximate surface area is 174 Å². The fourth-order valence-corrected chi connectivity index (χ4v) is 3.39. The van der Waals surface area contributed by atoms with Gasteiger partial charge >= 0.3 is 6.09 Å². The normalized spacial score (nSPS) is 17.0. The van der Waals surface area contributed by atoms with Gasteiger partial charge in [0.15, 0.2) is 11.9 Å². The van der Waals surface area contributed by atoms with Crippen LogP contribution >= 0.6 is 0 Å². The number of carbonyl (C=O) groups excluding carboxylic acids is 3. The Kier molecular flexibility index (Phi) is 7.10. The molecule has 10 heteroatoms. The molecule has 1 aromatic carbocycles. The van der Waals surface area contributed by atoms with E-state index in [1.165, 1.54) is 15.9 Å². The first-order chi connectivity index (χ1) is 14.5. The SMILES string of the molecule is CC(C)CC(=O)C(NC(=O)C1CCCN1C(=O)OCc1ccccc1)n1cnnn1. The van der Waals surface area contributed by atoms with E-state index in [4.69, 9.17) is 4.74 Å². The quantitative estimate of drug-likeness (QED) is 0.698. The predicted octanol–water partition coefficient (Wildman–Crippen LogP) is 1.70. The topological polar surface area (TPSA) is 119 Å². The standard InChI is InChI=1S/C20H26N6O4/c1-14(2)11-17(27)18(26-13-21-23-24-26)22-19(28)16-9-6-10-25(16)20(29)30-12-15-7-4-3-5-8-15/h3-5,7-8,13-14,16,18H,6,9-12H2,1-2H3,(H,22,28). The molecule has 1 saturated heterocycles. The molecule has 160 valence electrons. The lowest BCUT2D eigenvalue weighted by Crippen LogP contribution is -2.49. The van der Waals surface area contributed by atoms with Gasteiger partial charge in [-0.2, -0.15) is 0 Å². The van der Waals surface area contributed by atoms with Crippen molar-refractivity contribution in [2.75, 3.05) is 6.54 Å². The number of hydrogen-bond donors (Lipinski definition) is 1. The predicted molar refractivity (Wildman–Crippen MR) is 106 cm³/mol. The first kappa shape index (κ1) is 21.4. The van der Waals surface area contributed by atoms with Gasteiger partial charge in [-0.3, -0.25) is 14.5 Å². The molecule has 0 aliphatic carbocycles. The van der Waals surface area contributed by atoms with Crippen molar-refractivity contribution in [3.8, 4) is 0 Å². The molecule has 2 atom stereocenters. The number of amides is 2.